The zero-order chi connectivity index (χ0) is 27.3. The first kappa shape index (κ1) is 38.5. The van der Waals surface area contributed by atoms with Crippen LogP contribution in [0.1, 0.15) is 36.7 Å². The second kappa shape index (κ2) is 17.7. The molecule has 0 saturated heterocycles. The van der Waals surface area contributed by atoms with Crippen molar-refractivity contribution >= 4 is 30.1 Å². The Hall–Kier alpha value is -0.540. The molecule has 0 amide bonds. The van der Waals surface area contributed by atoms with Gasteiger partial charge < -0.3 is 19.2 Å². The number of tetrazole rings is 1. The zero-order valence-corrected chi connectivity index (χ0v) is 31.4. The number of H-pyrrole nitrogens is 1. The van der Waals surface area contributed by atoms with Crippen LogP contribution in [-0.2, 0) is 17.5 Å². The van der Waals surface area contributed by atoms with Crippen molar-refractivity contribution in [2.24, 2.45) is 0 Å². The Kier molecular flexibility index (Phi) is 16.6. The van der Waals surface area contributed by atoms with Crippen LogP contribution in [0.4, 0.5) is 0 Å². The van der Waals surface area contributed by atoms with Crippen LogP contribution in [0.15, 0.2) is 58.0 Å². The van der Waals surface area contributed by atoms with Crippen LogP contribution in [0.2, 0.25) is 0 Å². The maximum atomic E-state index is 13.4. The Balaban J connectivity index is 0.000000971. The molecule has 11 nitrogen and oxygen atoms in total. The molecule has 0 aliphatic heterocycles. The molecule has 41 heavy (non-hydrogen) atoms. The van der Waals surface area contributed by atoms with Gasteiger partial charge in [0.2, 0.25) is 5.82 Å². The fraction of sp³-hybridized carbons (Fsp3) is 0.240. The molecule has 0 radical (unpaired) electrons. The van der Waals surface area contributed by atoms with Gasteiger partial charge in [0.1, 0.15) is 5.82 Å². The van der Waals surface area contributed by atoms with Crippen LogP contribution in [0, 0.1) is 6.92 Å². The number of benzene rings is 2. The Bertz CT molecular complexity index is 1630. The van der Waals surface area contributed by atoms with Crippen molar-refractivity contribution in [1.29, 1.82) is 0 Å². The Morgan fingerprint density at radius 3 is 2.27 bits per heavy atom. The van der Waals surface area contributed by atoms with Crippen molar-refractivity contribution in [3.8, 4) is 22.5 Å². The van der Waals surface area contributed by atoms with Crippen molar-refractivity contribution in [3.63, 3.8) is 0 Å². The Morgan fingerprint density at radius 2 is 1.66 bits per heavy atom. The number of aryl methyl sites for hydroxylation is 2. The summed E-state index contributed by atoms with van der Waals surface area (Å²) >= 11 is 1.60. The summed E-state index contributed by atoms with van der Waals surface area (Å²) in [6.45, 7) is 4.65. The van der Waals surface area contributed by atoms with Crippen LogP contribution in [-0.4, -0.2) is 30.2 Å². The molecule has 198 valence electrons. The molecular weight excluding hydrogens is 596 g/mol. The van der Waals surface area contributed by atoms with Crippen molar-refractivity contribution < 1.29 is 108 Å². The van der Waals surface area contributed by atoms with Crippen molar-refractivity contribution in [1.82, 2.24) is 30.2 Å². The van der Waals surface area contributed by atoms with Crippen LogP contribution in [0.25, 0.3) is 33.4 Å². The first-order valence-corrected chi connectivity index (χ1v) is 14.2. The first-order chi connectivity index (χ1) is 18.1. The summed E-state index contributed by atoms with van der Waals surface area (Å²) in [6, 6.07) is 14.2. The van der Waals surface area contributed by atoms with E-state index in [1.807, 2.05) is 35.1 Å². The second-order valence-electron chi connectivity index (χ2n) is 8.62. The van der Waals surface area contributed by atoms with E-state index in [1.165, 1.54) is 0 Å². The summed E-state index contributed by atoms with van der Waals surface area (Å²) in [5, 5.41) is 19.2. The van der Waals surface area contributed by atoms with Gasteiger partial charge in [0.25, 0.3) is 5.56 Å². The van der Waals surface area contributed by atoms with Crippen molar-refractivity contribution in [2.75, 3.05) is 0 Å². The summed E-state index contributed by atoms with van der Waals surface area (Å²) in [5.41, 5.74) is 6.01. The van der Waals surface area contributed by atoms with Gasteiger partial charge in [-0.25, -0.2) is 4.98 Å². The zero-order valence-electron chi connectivity index (χ0n) is 23.7. The van der Waals surface area contributed by atoms with E-state index in [-0.39, 0.29) is 94.2 Å². The fourth-order valence-electron chi connectivity index (χ4n) is 4.01. The van der Waals surface area contributed by atoms with Gasteiger partial charge in [0.05, 0.1) is 17.4 Å². The molecule has 0 atom stereocenters. The van der Waals surface area contributed by atoms with Crippen molar-refractivity contribution in [2.45, 2.75) is 39.7 Å². The number of phosphoric acid groups is 1. The van der Waals surface area contributed by atoms with Gasteiger partial charge in [-0.15, -0.1) is 10.2 Å². The molecule has 0 unspecified atom stereocenters. The van der Waals surface area contributed by atoms with Gasteiger partial charge in [-0.2, -0.15) is 24.4 Å². The van der Waals surface area contributed by atoms with Crippen LogP contribution < -0.4 is 109 Å². The summed E-state index contributed by atoms with van der Waals surface area (Å²) in [4.78, 5) is 43.9. The number of nitrogens with zero attached hydrogens (tertiary/aromatic N) is 5. The van der Waals surface area contributed by atoms with Crippen LogP contribution in [0.5, 0.6) is 0 Å². The number of nitrogens with one attached hydrogen (secondary N) is 1. The number of thiophene rings is 1. The first-order valence-electron chi connectivity index (χ1n) is 11.8. The molecule has 0 spiro atoms. The number of hydrogen-bond donors (Lipinski definition) is 1. The molecule has 0 fully saturated rings. The number of unbranched alkanes of at least 4 members (excludes halogenated alkanes) is 1. The molecule has 1 N–H and O–H groups in total. The Morgan fingerprint density at radius 1 is 1.00 bits per heavy atom. The number of fused-ring (bicyclic) bond motifs is 1. The van der Waals surface area contributed by atoms with Crippen LogP contribution >= 0.6 is 19.2 Å². The van der Waals surface area contributed by atoms with E-state index < -0.39 is 7.82 Å². The summed E-state index contributed by atoms with van der Waals surface area (Å²) in [5.74, 6) is 1.43. The molecule has 0 aliphatic carbocycles. The molecule has 0 saturated carbocycles. The van der Waals surface area contributed by atoms with E-state index >= 15 is 0 Å². The minimum absolute atomic E-state index is 0. The third-order valence-corrected chi connectivity index (χ3v) is 6.54. The van der Waals surface area contributed by atoms with E-state index in [1.54, 1.807) is 11.3 Å². The average Bonchev–Trinajstić information content (AvgIpc) is 3.57. The van der Waals surface area contributed by atoms with Gasteiger partial charge >= 0.3 is 88.7 Å². The average molecular weight is 621 g/mol. The van der Waals surface area contributed by atoms with Gasteiger partial charge in [-0.05, 0) is 47.2 Å². The van der Waals surface area contributed by atoms with E-state index in [4.69, 9.17) is 24.2 Å². The molecule has 0 aliphatic rings. The molecule has 16 heteroatoms. The summed E-state index contributed by atoms with van der Waals surface area (Å²) in [7, 11) is -5.39. The fourth-order valence-corrected chi connectivity index (χ4v) is 4.85. The molecule has 0 bridgehead atoms. The number of rotatable bonds is 7. The second-order valence-corrected chi connectivity index (χ2v) is 10.3. The summed E-state index contributed by atoms with van der Waals surface area (Å²) in [6.07, 6.45) is 2.84. The molecule has 3 aromatic heterocycles. The molecule has 5 rings (SSSR count). The van der Waals surface area contributed by atoms with Gasteiger partial charge in [0, 0.05) is 22.9 Å². The minimum Gasteiger partial charge on any atom is -0.822 e. The number of aromatic nitrogens is 6. The summed E-state index contributed by atoms with van der Waals surface area (Å²) < 4.78 is 10.4. The predicted octanol–water partition coefficient (Wildman–Crippen LogP) is -6.81. The van der Waals surface area contributed by atoms with Crippen molar-refractivity contribution in [3.05, 3.63) is 80.5 Å². The minimum atomic E-state index is -5.39. The number of hydrogen-bond acceptors (Lipinski definition) is 10. The third-order valence-electron chi connectivity index (χ3n) is 5.80. The quantitative estimate of drug-likeness (QED) is 0.137. The topological polar surface area (TPSA) is 176 Å². The monoisotopic (exact) mass is 620 g/mol. The molecule has 3 heterocycles. The molecular formula is C25H24N6Na3O5PS. The molecule has 5 aromatic rings. The maximum absolute atomic E-state index is 13.4. The maximum Gasteiger partial charge on any atom is 1.00 e. The van der Waals surface area contributed by atoms with Gasteiger partial charge in [0.15, 0.2) is 0 Å². The van der Waals surface area contributed by atoms with E-state index in [0.717, 1.165) is 58.4 Å². The van der Waals surface area contributed by atoms with E-state index in [2.05, 4.69) is 57.2 Å². The Labute approximate surface area is 307 Å². The van der Waals surface area contributed by atoms with Gasteiger partial charge in [-0.3, -0.25) is 9.36 Å². The third kappa shape index (κ3) is 10.8. The van der Waals surface area contributed by atoms with Crippen LogP contribution in [0.3, 0.4) is 0 Å². The smallest absolute Gasteiger partial charge is 0.822 e. The van der Waals surface area contributed by atoms with Gasteiger partial charge in [-0.1, -0.05) is 49.2 Å². The largest absolute Gasteiger partial charge is 1.00 e. The SMILES string of the molecule is CCCCc1nc2ccc(C)cc2c(=O)n1Cc1ccc(-c2cscc2-c2nn[nH]n2)cc1.O=P([O-])([O-])[O-].[Na+].[Na+].[Na+]. The predicted molar refractivity (Wildman–Crippen MR) is 139 cm³/mol. The standard InChI is InChI=1S/C25H24N6OS.3Na.H3O4P/c1-3-4-5-23-26-22-11-6-16(2)12-19(22)25(32)31(23)13-17-7-9-18(10-8-17)20-14-33-15-21(20)24-27-29-30-28-24;;;;1-5(2,3)4/h6-12,14-15H,3-5,13H2,1-2H3,(H,27,28,29,30);;;;(H3,1,2,3,4)/q;3*+1;/p-3. The normalized spacial score (nSPS) is 10.6. The van der Waals surface area contributed by atoms with E-state index in [9.17, 15) is 4.79 Å². The van der Waals surface area contributed by atoms with E-state index in [0.29, 0.717) is 17.8 Å². The molecule has 2 aromatic carbocycles. The number of aromatic amines is 1.